The van der Waals surface area contributed by atoms with Crippen LogP contribution in [0.15, 0.2) is 24.3 Å². The number of carbonyl (C=O) groups excluding carboxylic acids is 3. The van der Waals surface area contributed by atoms with Crippen LogP contribution < -0.4 is 0 Å². The zero-order valence-corrected chi connectivity index (χ0v) is 22.8. The normalized spacial score (nSPS) is 36.0. The molecule has 1 spiro atoms. The van der Waals surface area contributed by atoms with Crippen molar-refractivity contribution in [2.24, 2.45) is 11.8 Å². The molecule has 0 saturated carbocycles. The Hall–Kier alpha value is -1.88. The van der Waals surface area contributed by atoms with Crippen molar-refractivity contribution in [3.63, 3.8) is 0 Å². The summed E-state index contributed by atoms with van der Waals surface area (Å²) in [5.41, 5.74) is 0. The first kappa shape index (κ1) is 26.7. The fourth-order valence-electron chi connectivity index (χ4n) is 6.86. The van der Waals surface area contributed by atoms with Crippen LogP contribution in [0, 0.1) is 11.8 Å². The third-order valence-electron chi connectivity index (χ3n) is 8.56. The number of morpholine rings is 1. The first-order chi connectivity index (χ1) is 17.9. The number of aliphatic hydroxyl groups excluding tert-OH is 1. The summed E-state index contributed by atoms with van der Waals surface area (Å²) in [6.07, 6.45) is 9.51. The topological polar surface area (TPSA) is 93.6 Å². The van der Waals surface area contributed by atoms with Crippen LogP contribution >= 0.6 is 11.8 Å². The Morgan fingerprint density at radius 3 is 2.35 bits per heavy atom. The molecule has 5 aliphatic heterocycles. The van der Waals surface area contributed by atoms with Gasteiger partial charge in [-0.1, -0.05) is 31.2 Å². The van der Waals surface area contributed by atoms with Crippen molar-refractivity contribution in [3.05, 3.63) is 24.3 Å². The summed E-state index contributed by atoms with van der Waals surface area (Å²) in [6, 6.07) is -0.686. The summed E-state index contributed by atoms with van der Waals surface area (Å²) >= 11 is 1.62. The maximum absolute atomic E-state index is 14.2. The molecule has 5 aliphatic rings. The highest BCUT2D eigenvalue weighted by atomic mass is 32.2. The Morgan fingerprint density at radius 2 is 1.65 bits per heavy atom. The van der Waals surface area contributed by atoms with Crippen LogP contribution in [0.4, 0.5) is 0 Å². The van der Waals surface area contributed by atoms with E-state index in [1.54, 1.807) is 16.7 Å². The second-order valence-corrected chi connectivity index (χ2v) is 12.7. The molecule has 3 fully saturated rings. The van der Waals surface area contributed by atoms with E-state index in [9.17, 15) is 19.5 Å². The van der Waals surface area contributed by atoms with Crippen molar-refractivity contribution in [1.82, 2.24) is 19.6 Å². The third-order valence-corrected chi connectivity index (χ3v) is 10.4. The summed E-state index contributed by atoms with van der Waals surface area (Å²) in [6.45, 7) is 10.5. The van der Waals surface area contributed by atoms with Gasteiger partial charge in [0.25, 0.3) is 0 Å². The molecule has 1 unspecified atom stereocenters. The molecular formula is C27H40N4O5S. The highest BCUT2D eigenvalue weighted by molar-refractivity contribution is 8.02. The Balaban J connectivity index is 1.49. The Morgan fingerprint density at radius 1 is 0.946 bits per heavy atom. The molecule has 0 aromatic rings. The van der Waals surface area contributed by atoms with Gasteiger partial charge in [0.05, 0.1) is 29.8 Å². The van der Waals surface area contributed by atoms with Crippen LogP contribution in [0.5, 0.6) is 0 Å². The van der Waals surface area contributed by atoms with E-state index in [0.29, 0.717) is 52.4 Å². The Kier molecular flexibility index (Phi) is 7.73. The lowest BCUT2D eigenvalue weighted by molar-refractivity contribution is -0.145. The summed E-state index contributed by atoms with van der Waals surface area (Å²) in [7, 11) is 0. The molecule has 0 bridgehead atoms. The summed E-state index contributed by atoms with van der Waals surface area (Å²) < 4.78 is 4.07. The van der Waals surface area contributed by atoms with Crippen LogP contribution in [0.25, 0.3) is 0 Å². The van der Waals surface area contributed by atoms with E-state index in [1.807, 2.05) is 15.9 Å². The van der Waals surface area contributed by atoms with Crippen LogP contribution in [-0.4, -0.2) is 130 Å². The number of aliphatic hydroxyl groups is 1. The molecule has 5 rings (SSSR count). The van der Waals surface area contributed by atoms with Gasteiger partial charge < -0.3 is 24.5 Å². The zero-order chi connectivity index (χ0) is 26.2. The standard InChI is InChI=1S/C27H40N4O5S/c1-3-9-29-10-4-7-26(2)20(23(29)33)21-24(34)31(12-6-17-32)22-25(35)30(11-5-8-27(21,22)37-26)14-13-28-15-18-36-19-16-28/h4-5,7-8,20-22,32H,3,6,9-19H2,1-2H3/t20-,21-,22?,26+,27-/m0/s1. The van der Waals surface area contributed by atoms with Gasteiger partial charge in [0.2, 0.25) is 17.7 Å². The average molecular weight is 533 g/mol. The van der Waals surface area contributed by atoms with E-state index >= 15 is 0 Å². The number of likely N-dealkylation sites (tertiary alicyclic amines) is 1. The smallest absolute Gasteiger partial charge is 0.247 e. The molecule has 0 radical (unpaired) electrons. The van der Waals surface area contributed by atoms with Gasteiger partial charge in [0, 0.05) is 63.7 Å². The summed E-state index contributed by atoms with van der Waals surface area (Å²) in [5.74, 6) is -1.32. The number of hydrogen-bond acceptors (Lipinski definition) is 7. The van der Waals surface area contributed by atoms with Gasteiger partial charge in [0.15, 0.2) is 0 Å². The number of rotatable bonds is 8. The van der Waals surface area contributed by atoms with E-state index < -0.39 is 27.4 Å². The Labute approximate surface area is 223 Å². The quantitative estimate of drug-likeness (QED) is 0.458. The monoisotopic (exact) mass is 532 g/mol. The van der Waals surface area contributed by atoms with Crippen LogP contribution in [0.1, 0.15) is 26.7 Å². The minimum atomic E-state index is -0.814. The van der Waals surface area contributed by atoms with Crippen molar-refractivity contribution in [2.45, 2.75) is 42.2 Å². The highest BCUT2D eigenvalue weighted by Gasteiger charge is 2.73. The predicted molar refractivity (Wildman–Crippen MR) is 142 cm³/mol. The van der Waals surface area contributed by atoms with Crippen molar-refractivity contribution in [3.8, 4) is 0 Å². The lowest BCUT2D eigenvalue weighted by Crippen LogP contribution is -2.54. The summed E-state index contributed by atoms with van der Waals surface area (Å²) in [5, 5.41) is 9.58. The number of ether oxygens (including phenoxy) is 1. The van der Waals surface area contributed by atoms with E-state index in [2.05, 4.69) is 37.0 Å². The zero-order valence-electron chi connectivity index (χ0n) is 22.0. The molecule has 5 heterocycles. The Bertz CT molecular complexity index is 968. The first-order valence-electron chi connectivity index (χ1n) is 13.7. The number of nitrogens with zero attached hydrogens (tertiary/aromatic N) is 4. The number of thioether (sulfide) groups is 1. The fourth-order valence-corrected chi connectivity index (χ4v) is 9.02. The number of amides is 3. The van der Waals surface area contributed by atoms with E-state index in [-0.39, 0.29) is 24.3 Å². The predicted octanol–water partition coefficient (Wildman–Crippen LogP) is 0.595. The number of carbonyl (C=O) groups is 3. The van der Waals surface area contributed by atoms with Crippen LogP contribution in [0.2, 0.25) is 0 Å². The number of hydrogen-bond donors (Lipinski definition) is 1. The van der Waals surface area contributed by atoms with Crippen molar-refractivity contribution in [1.29, 1.82) is 0 Å². The summed E-state index contributed by atoms with van der Waals surface area (Å²) in [4.78, 5) is 50.0. The minimum absolute atomic E-state index is 0.00843. The molecule has 0 aliphatic carbocycles. The van der Waals surface area contributed by atoms with E-state index in [4.69, 9.17) is 4.74 Å². The van der Waals surface area contributed by atoms with Gasteiger partial charge in [-0.25, -0.2) is 0 Å². The molecule has 204 valence electrons. The van der Waals surface area contributed by atoms with Gasteiger partial charge >= 0.3 is 0 Å². The molecule has 3 amide bonds. The van der Waals surface area contributed by atoms with Gasteiger partial charge in [0.1, 0.15) is 6.04 Å². The van der Waals surface area contributed by atoms with Gasteiger partial charge in [-0.15, -0.1) is 11.8 Å². The SMILES string of the molecule is CCCN1CC=C[C@@]2(C)S[C@]34C=CCN(CCN5CCOCC5)C(=O)C3N(CCCO)C(=O)[C@@H]4[C@H]2C1=O. The molecule has 0 aromatic carbocycles. The third kappa shape index (κ3) is 4.53. The van der Waals surface area contributed by atoms with Crippen molar-refractivity contribution in [2.75, 3.05) is 72.2 Å². The highest BCUT2D eigenvalue weighted by Crippen LogP contribution is 2.65. The molecule has 3 saturated heterocycles. The van der Waals surface area contributed by atoms with Gasteiger partial charge in [-0.3, -0.25) is 19.3 Å². The second-order valence-electron chi connectivity index (χ2n) is 10.9. The maximum Gasteiger partial charge on any atom is 0.247 e. The average Bonchev–Trinajstić information content (AvgIpc) is 3.16. The van der Waals surface area contributed by atoms with Crippen molar-refractivity contribution >= 4 is 29.5 Å². The van der Waals surface area contributed by atoms with Gasteiger partial charge in [-0.2, -0.15) is 0 Å². The molecule has 10 heteroatoms. The van der Waals surface area contributed by atoms with E-state index in [1.165, 1.54) is 0 Å². The number of fused-ring (bicyclic) bond motifs is 2. The lowest BCUT2D eigenvalue weighted by atomic mass is 9.74. The van der Waals surface area contributed by atoms with Crippen LogP contribution in [-0.2, 0) is 19.1 Å². The molecule has 0 aromatic heterocycles. The molecule has 1 N–H and O–H groups in total. The largest absolute Gasteiger partial charge is 0.396 e. The molecule has 9 nitrogen and oxygen atoms in total. The molecule has 37 heavy (non-hydrogen) atoms. The molecule has 5 atom stereocenters. The maximum atomic E-state index is 14.2. The first-order valence-corrected chi connectivity index (χ1v) is 14.5. The van der Waals surface area contributed by atoms with Crippen LogP contribution in [0.3, 0.4) is 0 Å². The van der Waals surface area contributed by atoms with E-state index in [0.717, 1.165) is 26.1 Å². The fraction of sp³-hybridized carbons (Fsp3) is 0.741. The minimum Gasteiger partial charge on any atom is -0.396 e. The molecular weight excluding hydrogens is 492 g/mol. The van der Waals surface area contributed by atoms with Gasteiger partial charge in [-0.05, 0) is 19.8 Å². The van der Waals surface area contributed by atoms with Crippen molar-refractivity contribution < 1.29 is 24.2 Å². The lowest BCUT2D eigenvalue weighted by Gasteiger charge is -2.37. The second kappa shape index (κ2) is 10.7.